The van der Waals surface area contributed by atoms with Crippen LogP contribution in [0.3, 0.4) is 0 Å². The number of ether oxygens (including phenoxy) is 2. The first-order valence-electron chi connectivity index (χ1n) is 8.08. The normalized spacial score (nSPS) is 25.9. The highest BCUT2D eigenvalue weighted by atomic mass is 16.6. The molecule has 0 spiro atoms. The van der Waals surface area contributed by atoms with Crippen LogP contribution < -0.4 is 0 Å². The fraction of sp³-hybridized carbons (Fsp3) is 0.722. The van der Waals surface area contributed by atoms with Crippen LogP contribution in [0.25, 0.3) is 0 Å². The van der Waals surface area contributed by atoms with E-state index in [4.69, 9.17) is 9.47 Å². The highest BCUT2D eigenvalue weighted by molar-refractivity contribution is 5.89. The molecule has 3 nitrogen and oxygen atoms in total. The van der Waals surface area contributed by atoms with Crippen molar-refractivity contribution in [1.29, 1.82) is 0 Å². The van der Waals surface area contributed by atoms with Crippen molar-refractivity contribution in [2.45, 2.75) is 77.9 Å². The highest BCUT2D eigenvalue weighted by Crippen LogP contribution is 2.41. The van der Waals surface area contributed by atoms with E-state index in [9.17, 15) is 4.79 Å². The molecule has 0 bridgehead atoms. The van der Waals surface area contributed by atoms with E-state index in [-0.39, 0.29) is 11.6 Å². The molecule has 21 heavy (non-hydrogen) atoms. The number of esters is 1. The second-order valence-corrected chi connectivity index (χ2v) is 5.96. The number of carbonyl (C=O) groups excluding carboxylic acids is 1. The van der Waals surface area contributed by atoms with Crippen LogP contribution in [0.15, 0.2) is 23.3 Å². The Bertz CT molecular complexity index is 409. The van der Waals surface area contributed by atoms with Gasteiger partial charge in [-0.05, 0) is 52.4 Å². The maximum atomic E-state index is 11.6. The Morgan fingerprint density at radius 3 is 2.48 bits per heavy atom. The Morgan fingerprint density at radius 1 is 1.29 bits per heavy atom. The van der Waals surface area contributed by atoms with Gasteiger partial charge in [-0.2, -0.15) is 0 Å². The van der Waals surface area contributed by atoms with Crippen LogP contribution in [-0.4, -0.2) is 24.8 Å². The summed E-state index contributed by atoms with van der Waals surface area (Å²) in [6.45, 7) is 8.38. The van der Waals surface area contributed by atoms with Crippen LogP contribution >= 0.6 is 0 Å². The first-order valence-corrected chi connectivity index (χ1v) is 8.08. The van der Waals surface area contributed by atoms with E-state index < -0.39 is 0 Å². The minimum atomic E-state index is -0.191. The van der Waals surface area contributed by atoms with Crippen LogP contribution in [0.4, 0.5) is 0 Å². The molecule has 0 saturated carbocycles. The molecule has 1 saturated heterocycles. The summed E-state index contributed by atoms with van der Waals surface area (Å²) in [6, 6.07) is 0. The molecule has 0 aliphatic carbocycles. The third-order valence-corrected chi connectivity index (χ3v) is 4.49. The molecule has 3 heteroatoms. The molecule has 2 atom stereocenters. The summed E-state index contributed by atoms with van der Waals surface area (Å²) in [4.78, 5) is 11.6. The highest BCUT2D eigenvalue weighted by Gasteiger charge is 2.49. The molecule has 1 heterocycles. The minimum absolute atomic E-state index is 0.143. The van der Waals surface area contributed by atoms with Crippen LogP contribution in [-0.2, 0) is 14.3 Å². The zero-order chi connectivity index (χ0) is 15.9. The lowest BCUT2D eigenvalue weighted by Gasteiger charge is -2.07. The molecule has 0 amide bonds. The third-order valence-electron chi connectivity index (χ3n) is 4.49. The Morgan fingerprint density at radius 2 is 1.95 bits per heavy atom. The number of hydrogen-bond donors (Lipinski definition) is 0. The van der Waals surface area contributed by atoms with Crippen molar-refractivity contribution in [2.75, 3.05) is 7.11 Å². The van der Waals surface area contributed by atoms with Crippen molar-refractivity contribution in [1.82, 2.24) is 0 Å². The molecule has 1 aliphatic rings. The van der Waals surface area contributed by atoms with Gasteiger partial charge < -0.3 is 9.47 Å². The lowest BCUT2D eigenvalue weighted by atomic mass is 10.0. The molecular formula is C18H30O3. The molecule has 0 aromatic carbocycles. The number of epoxide rings is 1. The van der Waals surface area contributed by atoms with Gasteiger partial charge in [0.1, 0.15) is 0 Å². The van der Waals surface area contributed by atoms with E-state index in [0.29, 0.717) is 6.10 Å². The fourth-order valence-electron chi connectivity index (χ4n) is 2.64. The monoisotopic (exact) mass is 294 g/mol. The molecule has 1 fully saturated rings. The number of methoxy groups -OCH3 is 1. The van der Waals surface area contributed by atoms with Crippen molar-refractivity contribution in [2.24, 2.45) is 0 Å². The number of allylic oxidation sites excluding steroid dienone is 3. The standard InChI is InChI=1S/C18H30O3/c1-6-15(17(19)20-5)14(3)12-10-8-9-11-13-16-18(4,7-2)21-16/h8-9,16H,6-7,10-13H2,1-5H3. The van der Waals surface area contributed by atoms with Gasteiger partial charge in [-0.15, -0.1) is 0 Å². The van der Waals surface area contributed by atoms with E-state index in [2.05, 4.69) is 26.0 Å². The molecule has 2 unspecified atom stereocenters. The minimum Gasteiger partial charge on any atom is -0.466 e. The summed E-state index contributed by atoms with van der Waals surface area (Å²) in [7, 11) is 1.44. The largest absolute Gasteiger partial charge is 0.466 e. The summed E-state index contributed by atoms with van der Waals surface area (Å²) in [5.41, 5.74) is 2.10. The SMILES string of the molecule is CCC(C(=O)OC)=C(C)CCC=CCCC1OC1(C)CC. The average molecular weight is 294 g/mol. The summed E-state index contributed by atoms with van der Waals surface area (Å²) in [6.07, 6.45) is 10.8. The maximum Gasteiger partial charge on any atom is 0.333 e. The van der Waals surface area contributed by atoms with E-state index in [1.807, 2.05) is 13.8 Å². The lowest BCUT2D eigenvalue weighted by Crippen LogP contribution is -2.06. The Balaban J connectivity index is 2.25. The summed E-state index contributed by atoms with van der Waals surface area (Å²) in [5, 5.41) is 0. The smallest absolute Gasteiger partial charge is 0.333 e. The van der Waals surface area contributed by atoms with Crippen molar-refractivity contribution in [3.8, 4) is 0 Å². The zero-order valence-corrected chi connectivity index (χ0v) is 14.2. The summed E-state index contributed by atoms with van der Waals surface area (Å²) >= 11 is 0. The topological polar surface area (TPSA) is 38.8 Å². The molecule has 0 radical (unpaired) electrons. The predicted octanol–water partition coefficient (Wildman–Crippen LogP) is 4.57. The van der Waals surface area contributed by atoms with Gasteiger partial charge in [-0.3, -0.25) is 0 Å². The maximum absolute atomic E-state index is 11.6. The lowest BCUT2D eigenvalue weighted by molar-refractivity contribution is -0.136. The zero-order valence-electron chi connectivity index (χ0n) is 14.2. The first kappa shape index (κ1) is 18.0. The van der Waals surface area contributed by atoms with Gasteiger partial charge in [0.25, 0.3) is 0 Å². The summed E-state index contributed by atoms with van der Waals surface area (Å²) < 4.78 is 10.5. The van der Waals surface area contributed by atoms with E-state index >= 15 is 0 Å². The second kappa shape index (κ2) is 8.38. The predicted molar refractivity (Wildman–Crippen MR) is 86.2 cm³/mol. The van der Waals surface area contributed by atoms with Gasteiger partial charge in [0, 0.05) is 5.57 Å². The van der Waals surface area contributed by atoms with Gasteiger partial charge in [0.05, 0.1) is 18.8 Å². The van der Waals surface area contributed by atoms with Crippen molar-refractivity contribution >= 4 is 5.97 Å². The van der Waals surface area contributed by atoms with Crippen molar-refractivity contribution < 1.29 is 14.3 Å². The van der Waals surface area contributed by atoms with E-state index in [1.165, 1.54) is 7.11 Å². The second-order valence-electron chi connectivity index (χ2n) is 5.96. The van der Waals surface area contributed by atoms with E-state index in [0.717, 1.165) is 49.7 Å². The molecule has 1 rings (SSSR count). The summed E-state index contributed by atoms with van der Waals surface area (Å²) in [5.74, 6) is -0.191. The number of rotatable bonds is 9. The van der Waals surface area contributed by atoms with Crippen LogP contribution in [0, 0.1) is 0 Å². The molecule has 0 aromatic heterocycles. The van der Waals surface area contributed by atoms with Gasteiger partial charge in [-0.25, -0.2) is 4.79 Å². The third kappa shape index (κ3) is 5.31. The molecular weight excluding hydrogens is 264 g/mol. The molecule has 120 valence electrons. The number of carbonyl (C=O) groups is 1. The van der Waals surface area contributed by atoms with Gasteiger partial charge in [0.2, 0.25) is 0 Å². The van der Waals surface area contributed by atoms with Crippen LogP contribution in [0.1, 0.15) is 66.2 Å². The molecule has 1 aliphatic heterocycles. The number of hydrogen-bond acceptors (Lipinski definition) is 3. The van der Waals surface area contributed by atoms with Gasteiger partial charge in [0.15, 0.2) is 0 Å². The quantitative estimate of drug-likeness (QED) is 0.270. The van der Waals surface area contributed by atoms with E-state index in [1.54, 1.807) is 0 Å². The average Bonchev–Trinajstić information content (AvgIpc) is 3.14. The van der Waals surface area contributed by atoms with Gasteiger partial charge in [-0.1, -0.05) is 31.6 Å². The Hall–Kier alpha value is -1.09. The molecule has 0 N–H and O–H groups in total. The van der Waals surface area contributed by atoms with Crippen LogP contribution in [0.5, 0.6) is 0 Å². The van der Waals surface area contributed by atoms with Crippen molar-refractivity contribution in [3.05, 3.63) is 23.3 Å². The Labute approximate surface area is 129 Å². The Kier molecular flexibility index (Phi) is 7.16. The molecule has 0 aromatic rings. The van der Waals surface area contributed by atoms with Crippen molar-refractivity contribution in [3.63, 3.8) is 0 Å². The fourth-order valence-corrected chi connectivity index (χ4v) is 2.64. The first-order chi connectivity index (χ1) is 9.98. The van der Waals surface area contributed by atoms with Gasteiger partial charge >= 0.3 is 5.97 Å². The van der Waals surface area contributed by atoms with Crippen LogP contribution in [0.2, 0.25) is 0 Å².